The fourth-order valence-corrected chi connectivity index (χ4v) is 0.440. The average Bonchev–Trinajstić information content (AvgIpc) is 1.81. The zero-order chi connectivity index (χ0) is 8.20. The van der Waals surface area contributed by atoms with Gasteiger partial charge in [0.25, 0.3) is 0 Å². The molecular formula is C5H7ClF2O2. The van der Waals surface area contributed by atoms with Crippen molar-refractivity contribution >= 4 is 17.6 Å². The van der Waals surface area contributed by atoms with E-state index < -0.39 is 17.8 Å². The molecule has 0 atom stereocenters. The number of hydrogen-bond acceptors (Lipinski definition) is 2. The molecule has 0 aromatic rings. The van der Waals surface area contributed by atoms with E-state index in [1.165, 1.54) is 0 Å². The molecule has 0 spiro atoms. The van der Waals surface area contributed by atoms with E-state index in [1.807, 2.05) is 0 Å². The highest BCUT2D eigenvalue weighted by Gasteiger charge is 2.25. The molecule has 0 N–H and O–H groups in total. The molecule has 0 aromatic heterocycles. The molecule has 0 heterocycles. The second-order valence-electron chi connectivity index (χ2n) is 1.69. The fraction of sp³-hybridized carbons (Fsp3) is 0.800. The minimum Gasteiger partial charge on any atom is -0.469 e. The largest absolute Gasteiger partial charge is 0.469 e. The molecule has 0 rings (SSSR count). The van der Waals surface area contributed by atoms with Gasteiger partial charge in [-0.25, -0.2) is 0 Å². The summed E-state index contributed by atoms with van der Waals surface area (Å²) in [7, 11) is 1.13. The molecule has 0 bridgehead atoms. The summed E-state index contributed by atoms with van der Waals surface area (Å²) >= 11 is 4.49. The molecule has 10 heavy (non-hydrogen) atoms. The van der Waals surface area contributed by atoms with Crippen LogP contribution in [0.2, 0.25) is 0 Å². The third-order valence-electron chi connectivity index (χ3n) is 0.840. The van der Waals surface area contributed by atoms with E-state index in [0.29, 0.717) is 0 Å². The molecule has 60 valence electrons. The Labute approximate surface area is 62.1 Å². The summed E-state index contributed by atoms with van der Waals surface area (Å²) in [6, 6.07) is 0. The summed E-state index contributed by atoms with van der Waals surface area (Å²) in [4.78, 5) is 10.2. The van der Waals surface area contributed by atoms with Crippen molar-refractivity contribution in [1.29, 1.82) is 0 Å². The van der Waals surface area contributed by atoms with E-state index >= 15 is 0 Å². The van der Waals surface area contributed by atoms with E-state index in [1.54, 1.807) is 0 Å². The number of esters is 1. The van der Waals surface area contributed by atoms with Gasteiger partial charge in [0.15, 0.2) is 0 Å². The van der Waals surface area contributed by atoms with Crippen LogP contribution in [0.15, 0.2) is 0 Å². The topological polar surface area (TPSA) is 26.3 Å². The van der Waals surface area contributed by atoms with E-state index in [9.17, 15) is 13.6 Å². The molecule has 0 unspecified atom stereocenters. The third kappa shape index (κ3) is 5.75. The Hall–Kier alpha value is -0.380. The molecule has 0 aromatic carbocycles. The molecule has 0 saturated carbocycles. The maximum Gasteiger partial charge on any atom is 0.322 e. The highest BCUT2D eigenvalue weighted by atomic mass is 35.5. The van der Waals surface area contributed by atoms with Crippen molar-refractivity contribution in [3.8, 4) is 0 Å². The van der Waals surface area contributed by atoms with Crippen LogP contribution in [-0.2, 0) is 9.53 Å². The summed E-state index contributed by atoms with van der Waals surface area (Å²) < 4.78 is 27.7. The van der Waals surface area contributed by atoms with Gasteiger partial charge in [-0.3, -0.25) is 4.79 Å². The SMILES string of the molecule is COC(=O)CCC(F)(F)Cl. The minimum absolute atomic E-state index is 0.354. The van der Waals surface area contributed by atoms with Crippen LogP contribution in [0, 0.1) is 0 Å². The molecule has 5 heteroatoms. The Morgan fingerprint density at radius 3 is 2.50 bits per heavy atom. The third-order valence-corrected chi connectivity index (χ3v) is 1.03. The lowest BCUT2D eigenvalue weighted by Gasteiger charge is -2.04. The monoisotopic (exact) mass is 172 g/mol. The van der Waals surface area contributed by atoms with Crippen molar-refractivity contribution in [3.63, 3.8) is 0 Å². The first-order chi connectivity index (χ1) is 4.45. The van der Waals surface area contributed by atoms with Crippen LogP contribution >= 0.6 is 11.6 Å². The molecule has 0 radical (unpaired) electrons. The molecule has 0 aliphatic rings. The highest BCUT2D eigenvalue weighted by Crippen LogP contribution is 2.24. The molecule has 0 aliphatic heterocycles. The first-order valence-corrected chi connectivity index (χ1v) is 2.97. The molecule has 0 saturated heterocycles. The standard InChI is InChI=1S/C5H7ClF2O2/c1-10-4(9)2-3-5(6,7)8/h2-3H2,1H3. The second-order valence-corrected chi connectivity index (χ2v) is 2.24. The molecule has 0 aliphatic carbocycles. The summed E-state index contributed by atoms with van der Waals surface area (Å²) in [5, 5.41) is -3.30. The van der Waals surface area contributed by atoms with Gasteiger partial charge in [0.05, 0.1) is 13.5 Å². The Morgan fingerprint density at radius 1 is 1.70 bits per heavy atom. The lowest BCUT2D eigenvalue weighted by Crippen LogP contribution is -2.10. The van der Waals surface area contributed by atoms with E-state index in [-0.39, 0.29) is 6.42 Å². The predicted molar refractivity (Wildman–Crippen MR) is 32.0 cm³/mol. The van der Waals surface area contributed by atoms with Gasteiger partial charge in [-0.1, -0.05) is 0 Å². The first-order valence-electron chi connectivity index (χ1n) is 2.59. The highest BCUT2D eigenvalue weighted by molar-refractivity contribution is 6.21. The number of methoxy groups -OCH3 is 1. The van der Waals surface area contributed by atoms with Crippen LogP contribution in [0.3, 0.4) is 0 Å². The van der Waals surface area contributed by atoms with Crippen molar-refractivity contribution < 1.29 is 18.3 Å². The molecule has 0 fully saturated rings. The summed E-state index contributed by atoms with van der Waals surface area (Å²) in [5.74, 6) is -0.680. The zero-order valence-electron chi connectivity index (χ0n) is 5.36. The number of hydrogen-bond donors (Lipinski definition) is 0. The Kier molecular flexibility index (Phi) is 3.57. The van der Waals surface area contributed by atoms with E-state index in [2.05, 4.69) is 16.3 Å². The van der Waals surface area contributed by atoms with Gasteiger partial charge in [0.2, 0.25) is 0 Å². The van der Waals surface area contributed by atoms with E-state index in [4.69, 9.17) is 0 Å². The number of rotatable bonds is 3. The molecular weight excluding hydrogens is 166 g/mol. The minimum atomic E-state index is -3.30. The second kappa shape index (κ2) is 3.71. The van der Waals surface area contributed by atoms with Gasteiger partial charge < -0.3 is 4.74 Å². The van der Waals surface area contributed by atoms with Gasteiger partial charge in [-0.2, -0.15) is 8.78 Å². The Bertz CT molecular complexity index is 121. The quantitative estimate of drug-likeness (QED) is 0.479. The van der Waals surface area contributed by atoms with E-state index in [0.717, 1.165) is 7.11 Å². The zero-order valence-corrected chi connectivity index (χ0v) is 6.12. The van der Waals surface area contributed by atoms with Gasteiger partial charge in [-0.05, 0) is 11.6 Å². The Morgan fingerprint density at radius 2 is 2.20 bits per heavy atom. The molecule has 0 amide bonds. The fourth-order valence-electron chi connectivity index (χ4n) is 0.346. The lowest BCUT2D eigenvalue weighted by atomic mass is 10.3. The van der Waals surface area contributed by atoms with Crippen LogP contribution in [0.25, 0.3) is 0 Å². The number of carbonyl (C=O) groups excluding carboxylic acids is 1. The van der Waals surface area contributed by atoms with Crippen molar-refractivity contribution in [1.82, 2.24) is 0 Å². The van der Waals surface area contributed by atoms with Crippen molar-refractivity contribution in [2.75, 3.05) is 7.11 Å². The van der Waals surface area contributed by atoms with Crippen LogP contribution in [0.5, 0.6) is 0 Å². The smallest absolute Gasteiger partial charge is 0.322 e. The lowest BCUT2D eigenvalue weighted by molar-refractivity contribution is -0.141. The van der Waals surface area contributed by atoms with Crippen LogP contribution in [-0.4, -0.2) is 18.5 Å². The number of carbonyl (C=O) groups is 1. The van der Waals surface area contributed by atoms with Gasteiger partial charge in [0.1, 0.15) is 0 Å². The summed E-state index contributed by atoms with van der Waals surface area (Å²) in [6.45, 7) is 0. The van der Waals surface area contributed by atoms with Crippen molar-refractivity contribution in [2.45, 2.75) is 18.2 Å². The Balaban J connectivity index is 3.46. The van der Waals surface area contributed by atoms with Gasteiger partial charge >= 0.3 is 11.4 Å². The maximum atomic E-state index is 11.8. The number of alkyl halides is 3. The van der Waals surface area contributed by atoms with Crippen LogP contribution in [0.1, 0.15) is 12.8 Å². The van der Waals surface area contributed by atoms with Crippen molar-refractivity contribution in [3.05, 3.63) is 0 Å². The van der Waals surface area contributed by atoms with Gasteiger partial charge in [-0.15, -0.1) is 0 Å². The number of ether oxygens (including phenoxy) is 1. The maximum absolute atomic E-state index is 11.8. The number of halogens is 3. The average molecular weight is 173 g/mol. The summed E-state index contributed by atoms with van der Waals surface area (Å²) in [6.07, 6.45) is -1.03. The van der Waals surface area contributed by atoms with Crippen molar-refractivity contribution in [2.24, 2.45) is 0 Å². The first kappa shape index (κ1) is 9.62. The van der Waals surface area contributed by atoms with Gasteiger partial charge in [0, 0.05) is 6.42 Å². The predicted octanol–water partition coefficient (Wildman–Crippen LogP) is 1.77. The van der Waals surface area contributed by atoms with Crippen LogP contribution in [0.4, 0.5) is 8.78 Å². The summed E-state index contributed by atoms with van der Waals surface area (Å²) in [5.41, 5.74) is 0. The van der Waals surface area contributed by atoms with Crippen LogP contribution < -0.4 is 0 Å². The molecule has 2 nitrogen and oxygen atoms in total. The normalized spacial score (nSPS) is 11.2.